The lowest BCUT2D eigenvalue weighted by Crippen LogP contribution is -2.36. The fourth-order valence-electron chi connectivity index (χ4n) is 5.20. The number of amides is 1. The molecule has 1 fully saturated rings. The molecule has 4 aromatic heterocycles. The first-order valence-corrected chi connectivity index (χ1v) is 13.7. The number of carbonyl (C=O) groups excluding carboxylic acids is 1. The average Bonchev–Trinajstić information content (AvgIpc) is 3.65. The smallest absolute Gasteiger partial charge is 0.249 e. The summed E-state index contributed by atoms with van der Waals surface area (Å²) < 4.78 is 1.72. The molecule has 0 radical (unpaired) electrons. The highest BCUT2D eigenvalue weighted by molar-refractivity contribution is 7.13. The van der Waals surface area contributed by atoms with Gasteiger partial charge in [-0.25, -0.2) is 14.5 Å². The molecule has 3 N–H and O–H groups in total. The summed E-state index contributed by atoms with van der Waals surface area (Å²) in [7, 11) is 0. The SMILES string of the molecule is CCN(CC)[C@@H](C)Cc1c(C(N)=O)cc(-c2cnn3ccc(-c4cccs4)nc23)nc1N1CC[C@H](O)C1. The van der Waals surface area contributed by atoms with Crippen LogP contribution < -0.4 is 10.6 Å². The van der Waals surface area contributed by atoms with E-state index in [0.717, 1.165) is 34.8 Å². The van der Waals surface area contributed by atoms with Crippen LogP contribution in [0.4, 0.5) is 5.82 Å². The standard InChI is InChI=1S/C27H33N7O2S/c1-4-32(5-2)17(3)13-20-19(25(28)36)14-23(31-26(20)33-10-8-18(35)16-33)21-15-29-34-11-9-22(30-27(21)34)24-7-6-12-37-24/h6-7,9,11-12,14-15,17-18,35H,4-5,8,10,13,16H2,1-3H3,(H2,28,36)/t17-,18-/m0/s1. The molecule has 2 atom stereocenters. The number of likely N-dealkylation sites (N-methyl/N-ethyl adjacent to an activating group) is 1. The largest absolute Gasteiger partial charge is 0.391 e. The molecule has 0 saturated carbocycles. The minimum absolute atomic E-state index is 0.194. The van der Waals surface area contributed by atoms with E-state index in [-0.39, 0.29) is 6.04 Å². The number of aromatic nitrogens is 4. The van der Waals surface area contributed by atoms with Crippen LogP contribution in [0.1, 0.15) is 43.1 Å². The number of fused-ring (bicyclic) bond motifs is 1. The summed E-state index contributed by atoms with van der Waals surface area (Å²) in [5.74, 6) is 0.214. The van der Waals surface area contributed by atoms with Gasteiger partial charge < -0.3 is 20.6 Å². The zero-order chi connectivity index (χ0) is 26.1. The number of primary amides is 1. The van der Waals surface area contributed by atoms with E-state index >= 15 is 0 Å². The molecule has 1 saturated heterocycles. The number of rotatable bonds is 9. The molecule has 1 aliphatic rings. The predicted octanol–water partition coefficient (Wildman–Crippen LogP) is 3.46. The van der Waals surface area contributed by atoms with E-state index in [0.29, 0.717) is 48.7 Å². The summed E-state index contributed by atoms with van der Waals surface area (Å²) in [5.41, 5.74) is 10.1. The number of aliphatic hydroxyl groups is 1. The number of thiophene rings is 1. The van der Waals surface area contributed by atoms with Crippen molar-refractivity contribution in [1.82, 2.24) is 24.5 Å². The maximum absolute atomic E-state index is 12.8. The number of nitrogens with two attached hydrogens (primary N) is 1. The summed E-state index contributed by atoms with van der Waals surface area (Å²) in [4.78, 5) is 28.3. The Balaban J connectivity index is 1.66. The van der Waals surface area contributed by atoms with Crippen molar-refractivity contribution in [2.45, 2.75) is 45.8 Å². The molecule has 4 aromatic rings. The van der Waals surface area contributed by atoms with Crippen LogP contribution in [0, 0.1) is 0 Å². The lowest BCUT2D eigenvalue weighted by atomic mass is 9.98. The van der Waals surface area contributed by atoms with Gasteiger partial charge in [0.15, 0.2) is 5.65 Å². The first-order valence-electron chi connectivity index (χ1n) is 12.8. The minimum atomic E-state index is -0.491. The Labute approximate surface area is 220 Å². The highest BCUT2D eigenvalue weighted by Gasteiger charge is 2.29. The third-order valence-corrected chi connectivity index (χ3v) is 8.08. The Morgan fingerprint density at radius 3 is 2.73 bits per heavy atom. The minimum Gasteiger partial charge on any atom is -0.391 e. The van der Waals surface area contributed by atoms with Crippen molar-refractivity contribution in [2.24, 2.45) is 5.73 Å². The molecule has 5 heterocycles. The van der Waals surface area contributed by atoms with Crippen molar-refractivity contribution in [2.75, 3.05) is 31.1 Å². The maximum atomic E-state index is 12.8. The monoisotopic (exact) mass is 519 g/mol. The third-order valence-electron chi connectivity index (χ3n) is 7.18. The van der Waals surface area contributed by atoms with Gasteiger partial charge in [0.2, 0.25) is 5.91 Å². The Morgan fingerprint density at radius 2 is 2.08 bits per heavy atom. The second-order valence-electron chi connectivity index (χ2n) is 9.50. The van der Waals surface area contributed by atoms with Crippen LogP contribution in [0.3, 0.4) is 0 Å². The Hall–Kier alpha value is -3.34. The van der Waals surface area contributed by atoms with E-state index in [4.69, 9.17) is 15.7 Å². The molecule has 9 nitrogen and oxygen atoms in total. The number of carbonyl (C=O) groups is 1. The van der Waals surface area contributed by atoms with Gasteiger partial charge in [0.1, 0.15) is 5.82 Å². The molecule has 0 aliphatic carbocycles. The molecule has 0 bridgehead atoms. The molecule has 0 aromatic carbocycles. The van der Waals surface area contributed by atoms with Gasteiger partial charge in [-0.15, -0.1) is 11.3 Å². The van der Waals surface area contributed by atoms with Gasteiger partial charge in [-0.3, -0.25) is 4.79 Å². The number of nitrogens with zero attached hydrogens (tertiary/aromatic N) is 6. The molecule has 0 spiro atoms. The summed E-state index contributed by atoms with van der Waals surface area (Å²) in [5, 5.41) is 16.8. The zero-order valence-corrected chi connectivity index (χ0v) is 22.3. The third kappa shape index (κ3) is 4.96. The zero-order valence-electron chi connectivity index (χ0n) is 21.5. The van der Waals surface area contributed by atoms with Crippen molar-refractivity contribution in [3.05, 3.63) is 53.2 Å². The molecule has 0 unspecified atom stereocenters. The summed E-state index contributed by atoms with van der Waals surface area (Å²) >= 11 is 1.62. The molecule has 194 valence electrons. The topological polar surface area (TPSA) is 113 Å². The van der Waals surface area contributed by atoms with Crippen molar-refractivity contribution in [3.8, 4) is 21.8 Å². The number of hydrogen-bond acceptors (Lipinski definition) is 8. The average molecular weight is 520 g/mol. The quantitative estimate of drug-likeness (QED) is 0.348. The van der Waals surface area contributed by atoms with Crippen LogP contribution >= 0.6 is 11.3 Å². The Morgan fingerprint density at radius 1 is 1.27 bits per heavy atom. The van der Waals surface area contributed by atoms with Crippen molar-refractivity contribution < 1.29 is 9.90 Å². The van der Waals surface area contributed by atoms with E-state index in [9.17, 15) is 9.90 Å². The fourth-order valence-corrected chi connectivity index (χ4v) is 5.89. The Bertz CT molecular complexity index is 1400. The molecular formula is C27H33N7O2S. The number of aliphatic hydroxyl groups excluding tert-OH is 1. The van der Waals surface area contributed by atoms with Gasteiger partial charge in [0.25, 0.3) is 0 Å². The molecule has 37 heavy (non-hydrogen) atoms. The van der Waals surface area contributed by atoms with Crippen molar-refractivity contribution in [3.63, 3.8) is 0 Å². The Kier molecular flexibility index (Phi) is 7.23. The predicted molar refractivity (Wildman–Crippen MR) is 147 cm³/mol. The van der Waals surface area contributed by atoms with Gasteiger partial charge in [-0.2, -0.15) is 5.10 Å². The van der Waals surface area contributed by atoms with Gasteiger partial charge in [0, 0.05) is 36.5 Å². The maximum Gasteiger partial charge on any atom is 0.249 e. The van der Waals surface area contributed by atoms with E-state index in [2.05, 4.69) is 35.7 Å². The first-order chi connectivity index (χ1) is 17.9. The van der Waals surface area contributed by atoms with E-state index in [1.54, 1.807) is 28.1 Å². The highest BCUT2D eigenvalue weighted by Crippen LogP contribution is 2.33. The lowest BCUT2D eigenvalue weighted by molar-refractivity contribution is 0.0999. The number of hydrogen-bond donors (Lipinski definition) is 2. The van der Waals surface area contributed by atoms with Crippen LogP contribution in [0.25, 0.3) is 27.5 Å². The van der Waals surface area contributed by atoms with Crippen molar-refractivity contribution in [1.29, 1.82) is 0 Å². The second-order valence-corrected chi connectivity index (χ2v) is 10.4. The van der Waals surface area contributed by atoms with Crippen LogP contribution in [-0.2, 0) is 6.42 Å². The van der Waals surface area contributed by atoms with Crippen molar-refractivity contribution >= 4 is 28.7 Å². The molecule has 10 heteroatoms. The number of pyridine rings is 1. The normalized spacial score (nSPS) is 16.7. The van der Waals surface area contributed by atoms with Crippen LogP contribution in [0.2, 0.25) is 0 Å². The van der Waals surface area contributed by atoms with Crippen LogP contribution in [-0.4, -0.2) is 73.8 Å². The second kappa shape index (κ2) is 10.6. The van der Waals surface area contributed by atoms with Crippen LogP contribution in [0.15, 0.2) is 42.0 Å². The summed E-state index contributed by atoms with van der Waals surface area (Å²) in [6, 6.07) is 7.94. The highest BCUT2D eigenvalue weighted by atomic mass is 32.1. The van der Waals surface area contributed by atoms with Gasteiger partial charge in [0.05, 0.1) is 34.1 Å². The summed E-state index contributed by atoms with van der Waals surface area (Å²) in [6.45, 7) is 9.39. The van der Waals surface area contributed by atoms with Gasteiger partial charge in [-0.05, 0) is 56.4 Å². The fraction of sp³-hybridized carbons (Fsp3) is 0.407. The molecule has 5 rings (SSSR count). The summed E-state index contributed by atoms with van der Waals surface area (Å²) in [6.07, 6.45) is 4.47. The van der Waals surface area contributed by atoms with E-state index in [1.165, 1.54) is 0 Å². The molecule has 1 aliphatic heterocycles. The van der Waals surface area contributed by atoms with E-state index < -0.39 is 12.0 Å². The number of β-amino-alcohol motifs (C(OH)–C–C–N with tert-alkyl or cyclic N) is 1. The van der Waals surface area contributed by atoms with Gasteiger partial charge in [-0.1, -0.05) is 19.9 Å². The lowest BCUT2D eigenvalue weighted by Gasteiger charge is -2.29. The van der Waals surface area contributed by atoms with E-state index in [1.807, 2.05) is 29.8 Å². The number of anilines is 1. The van der Waals surface area contributed by atoms with Gasteiger partial charge >= 0.3 is 0 Å². The first kappa shape index (κ1) is 25.3. The van der Waals surface area contributed by atoms with Crippen LogP contribution in [0.5, 0.6) is 0 Å². The molecule has 1 amide bonds. The molecular weight excluding hydrogens is 486 g/mol.